The molecule has 0 saturated carbocycles. The zero-order chi connectivity index (χ0) is 20.9. The van der Waals surface area contributed by atoms with Crippen molar-refractivity contribution in [1.82, 2.24) is 20.8 Å². The molecule has 9 N–H and O–H groups in total. The molecule has 0 aliphatic carbocycles. The summed E-state index contributed by atoms with van der Waals surface area (Å²) in [6.07, 6.45) is 2.68. The van der Waals surface area contributed by atoms with E-state index in [2.05, 4.69) is 9.92 Å². The van der Waals surface area contributed by atoms with E-state index in [0.29, 0.717) is 0 Å². The van der Waals surface area contributed by atoms with E-state index in [9.17, 15) is 29.8 Å². The maximum Gasteiger partial charge on any atom is 0.446 e. The predicted molar refractivity (Wildman–Crippen MR) is 94.3 cm³/mol. The van der Waals surface area contributed by atoms with E-state index in [1.165, 1.54) is 42.8 Å². The third-order valence-electron chi connectivity index (χ3n) is 4.00. The molecule has 0 aliphatic rings. The minimum atomic E-state index is -4.97. The van der Waals surface area contributed by atoms with Gasteiger partial charge in [-0.1, -0.05) is 18.2 Å². The van der Waals surface area contributed by atoms with Gasteiger partial charge in [-0.05, 0) is 20.3 Å². The fraction of sp³-hybridized carbons (Fsp3) is 0.750. The molecule has 1 aromatic rings. The maximum absolute atomic E-state index is 10.8. The Labute approximate surface area is 157 Å². The number of nitrogens with one attached hydrogen (secondary N) is 2. The molecule has 0 saturated heterocycles. The number of nitrogens with zero attached hydrogens (tertiary/aromatic N) is 2. The van der Waals surface area contributed by atoms with Crippen LogP contribution in [0.15, 0.2) is 18.7 Å². The van der Waals surface area contributed by atoms with Crippen molar-refractivity contribution in [2.24, 2.45) is 0 Å². The van der Waals surface area contributed by atoms with Crippen molar-refractivity contribution in [3.8, 4) is 0 Å². The molecule has 4 unspecified atom stereocenters. The molecule has 1 aromatic heterocycles. The predicted octanol–water partition coefficient (Wildman–Crippen LogP) is -1.08. The molecule has 0 bridgehead atoms. The summed E-state index contributed by atoms with van der Waals surface area (Å²) in [5.41, 5.74) is 0.658. The van der Waals surface area contributed by atoms with Gasteiger partial charge in [-0.3, -0.25) is 10.0 Å². The van der Waals surface area contributed by atoms with Gasteiger partial charge in [-0.2, -0.15) is 19.6 Å². The van der Waals surface area contributed by atoms with Gasteiger partial charge in [0.2, 0.25) is 0 Å². The van der Waals surface area contributed by atoms with Gasteiger partial charge in [0.05, 0.1) is 12.4 Å². The zero-order valence-electron chi connectivity index (χ0n) is 15.0. The van der Waals surface area contributed by atoms with Crippen LogP contribution in [0.25, 0.3) is 0 Å². The highest BCUT2D eigenvalue weighted by molar-refractivity contribution is 7.75. The second-order valence-corrected chi connectivity index (χ2v) is 10.6. The fourth-order valence-electron chi connectivity index (χ4n) is 2.40. The van der Waals surface area contributed by atoms with E-state index in [4.69, 9.17) is 10.0 Å². The lowest BCUT2D eigenvalue weighted by Crippen LogP contribution is -2.51. The molecule has 0 radical (unpaired) electrons. The van der Waals surface area contributed by atoms with E-state index in [0.717, 1.165) is 0 Å². The van der Waals surface area contributed by atoms with Crippen molar-refractivity contribution >= 4 is 16.1 Å². The number of aliphatic hydroxyl groups is 2. The van der Waals surface area contributed by atoms with Gasteiger partial charge in [0.1, 0.15) is 20.3 Å². The fourth-order valence-corrected chi connectivity index (χ4v) is 6.11. The third kappa shape index (κ3) is 6.05. The van der Waals surface area contributed by atoms with Crippen molar-refractivity contribution in [3.63, 3.8) is 0 Å². The number of imidazole rings is 1. The largest absolute Gasteiger partial charge is 0.446 e. The Kier molecular flexibility index (Phi) is 9.04. The van der Waals surface area contributed by atoms with Gasteiger partial charge in [0.25, 0.3) is 0 Å². The molecule has 0 aromatic carbocycles. The summed E-state index contributed by atoms with van der Waals surface area (Å²) >= 11 is 0. The van der Waals surface area contributed by atoms with Gasteiger partial charge >= 0.3 is 13.0 Å². The number of aromatic nitrogens is 2. The van der Waals surface area contributed by atoms with Crippen LogP contribution in [0.3, 0.4) is 0 Å². The number of hydrogen-bond donors (Lipinski definition) is 9. The van der Waals surface area contributed by atoms with Gasteiger partial charge in [0.15, 0.2) is 0 Å². The first-order chi connectivity index (χ1) is 12.4. The number of rotatable bonds is 12. The molecule has 1 heterocycles. The Hall–Kier alpha value is -0.370. The monoisotopic (exact) mass is 433 g/mol. The quantitative estimate of drug-likeness (QED) is 0.110. The zero-order valence-corrected chi connectivity index (χ0v) is 16.8. The first-order valence-corrected chi connectivity index (χ1v) is 10.8. The Morgan fingerprint density at radius 3 is 2.41 bits per heavy atom. The lowest BCUT2D eigenvalue weighted by atomic mass is 9.97. The van der Waals surface area contributed by atoms with Crippen molar-refractivity contribution < 1.29 is 44.8 Å². The summed E-state index contributed by atoms with van der Waals surface area (Å²) < 4.78 is 1.26. The van der Waals surface area contributed by atoms with Crippen LogP contribution in [-0.4, -0.2) is 67.0 Å². The molecule has 158 valence electrons. The van der Waals surface area contributed by atoms with Gasteiger partial charge in [-0.25, -0.2) is 4.98 Å². The van der Waals surface area contributed by atoms with Crippen LogP contribution < -0.4 is 11.3 Å². The molecule has 27 heavy (non-hydrogen) atoms. The number of aliphatic hydroxyl groups excluding tert-OH is 1. The van der Waals surface area contributed by atoms with Crippen molar-refractivity contribution in [2.75, 3.05) is 0 Å². The minimum Gasteiger partial charge on any atom is -0.389 e. The Morgan fingerprint density at radius 1 is 1.33 bits per heavy atom. The van der Waals surface area contributed by atoms with Crippen LogP contribution in [0.5, 0.6) is 0 Å². The summed E-state index contributed by atoms with van der Waals surface area (Å²) in [6.45, 7) is 3.88. The molecular weight excluding hydrogens is 406 g/mol. The highest BCUT2D eigenvalue weighted by Gasteiger charge is 2.66. The highest BCUT2D eigenvalue weighted by atomic mass is 31.3. The lowest BCUT2D eigenvalue weighted by Gasteiger charge is -2.40. The van der Waals surface area contributed by atoms with Crippen molar-refractivity contribution in [2.45, 2.75) is 56.2 Å². The Morgan fingerprint density at radius 2 is 1.96 bits per heavy atom. The average molecular weight is 433 g/mol. The third-order valence-corrected chi connectivity index (χ3v) is 8.68. The Balaban J connectivity index is 3.10. The van der Waals surface area contributed by atoms with Gasteiger partial charge < -0.3 is 19.7 Å². The molecule has 0 spiro atoms. The molecule has 4 atom stereocenters. The van der Waals surface area contributed by atoms with E-state index >= 15 is 0 Å². The van der Waals surface area contributed by atoms with Gasteiger partial charge in [-0.15, -0.1) is 0 Å². The second-order valence-electron chi connectivity index (χ2n) is 6.32. The summed E-state index contributed by atoms with van der Waals surface area (Å²) in [6, 6.07) is 0. The standard InChI is InChI=1S/C12H27N4O9P2/c1-4-9(10(17)11(2,3)24-15-25-14-19)26(20)12(18,27(21,22)23)7-16-6-5-13-8-16/h5-6,8-10,14-15,17-23H,4,7H2,1-3H3/q+1. The Bertz CT molecular complexity index is 560. The smallest absolute Gasteiger partial charge is 0.389 e. The molecule has 1 rings (SSSR count). The first kappa shape index (κ1) is 24.7. The highest BCUT2D eigenvalue weighted by Crippen LogP contribution is 2.72. The van der Waals surface area contributed by atoms with Gasteiger partial charge in [0, 0.05) is 18.1 Å². The van der Waals surface area contributed by atoms with Crippen LogP contribution in [0, 0.1) is 0 Å². The average Bonchev–Trinajstić information content (AvgIpc) is 3.07. The van der Waals surface area contributed by atoms with Crippen LogP contribution >= 0.6 is 16.1 Å². The summed E-state index contributed by atoms with van der Waals surface area (Å²) in [4.78, 5) is 53.2. The van der Waals surface area contributed by atoms with Crippen molar-refractivity contribution in [3.05, 3.63) is 18.7 Å². The molecule has 13 nitrogen and oxygen atoms in total. The molecule has 0 aliphatic heterocycles. The van der Waals surface area contributed by atoms with E-state index in [1.807, 2.05) is 5.64 Å². The van der Waals surface area contributed by atoms with Crippen LogP contribution in [0.1, 0.15) is 27.2 Å². The minimum absolute atomic E-state index is 0.0987. The lowest BCUT2D eigenvalue weighted by molar-refractivity contribution is -0.313. The number of hydrogen-bond acceptors (Lipinski definition) is 12. The second kappa shape index (κ2) is 9.90. The van der Waals surface area contributed by atoms with Crippen molar-refractivity contribution in [1.29, 1.82) is 0 Å². The molecule has 15 heteroatoms. The van der Waals surface area contributed by atoms with E-state index < -0.39 is 45.1 Å². The first-order valence-electron chi connectivity index (χ1n) is 7.80. The molecule has 0 fully saturated rings. The van der Waals surface area contributed by atoms with E-state index in [-0.39, 0.29) is 6.42 Å². The van der Waals surface area contributed by atoms with E-state index in [1.54, 1.807) is 6.92 Å². The van der Waals surface area contributed by atoms with Crippen LogP contribution in [0.4, 0.5) is 0 Å². The summed E-state index contributed by atoms with van der Waals surface area (Å²) in [5, 5.41) is 27.1. The van der Waals surface area contributed by atoms with Crippen LogP contribution in [0.2, 0.25) is 0 Å². The molecular formula is C12H27N4O9P2+. The SMILES string of the molecule is CCC(C(O)C(C)(C)ONONO)P(O)C(O)(Cn1ccnc1)[P+](O)(O)O. The molecule has 0 amide bonds. The maximum atomic E-state index is 10.8. The summed E-state index contributed by atoms with van der Waals surface area (Å²) in [7, 11) is -7.73. The topological polar surface area (TPSA) is 202 Å². The summed E-state index contributed by atoms with van der Waals surface area (Å²) in [5.74, 6) is 0. The van der Waals surface area contributed by atoms with Crippen LogP contribution in [-0.2, 0) is 16.3 Å². The normalized spacial score (nSPS) is 18.7.